The maximum Gasteiger partial charge on any atom is 0.148 e. The van der Waals surface area contributed by atoms with Crippen LogP contribution in [0.5, 0.6) is 5.75 Å². The first kappa shape index (κ1) is 22.3. The summed E-state index contributed by atoms with van der Waals surface area (Å²) in [5.41, 5.74) is 1.41. The van der Waals surface area contributed by atoms with E-state index >= 15 is 0 Å². The summed E-state index contributed by atoms with van der Waals surface area (Å²) in [6.07, 6.45) is 0.597. The topological polar surface area (TPSA) is 104 Å². The van der Waals surface area contributed by atoms with Gasteiger partial charge < -0.3 is 19.1 Å². The van der Waals surface area contributed by atoms with Gasteiger partial charge in [0.25, 0.3) is 0 Å². The van der Waals surface area contributed by atoms with Crippen molar-refractivity contribution in [3.8, 4) is 29.1 Å². The quantitative estimate of drug-likeness (QED) is 0.417. The molecule has 0 atom stereocenters. The van der Waals surface area contributed by atoms with Gasteiger partial charge in [0.15, 0.2) is 0 Å². The van der Waals surface area contributed by atoms with Gasteiger partial charge in [0.1, 0.15) is 47.1 Å². The van der Waals surface area contributed by atoms with Crippen LogP contribution in [0, 0.1) is 28.6 Å². The number of thioether (sulfide) groups is 1. The monoisotopic (exact) mass is 455 g/mol. The van der Waals surface area contributed by atoms with Crippen molar-refractivity contribution >= 4 is 17.6 Å². The Balaban J connectivity index is 1.73. The van der Waals surface area contributed by atoms with Gasteiger partial charge in [0, 0.05) is 24.3 Å². The van der Waals surface area contributed by atoms with Crippen molar-refractivity contribution in [2.45, 2.75) is 11.2 Å². The van der Waals surface area contributed by atoms with E-state index in [9.17, 15) is 14.9 Å². The summed E-state index contributed by atoms with van der Waals surface area (Å²) in [6, 6.07) is 7.85. The molecule has 8 nitrogen and oxygen atoms in total. The first-order valence-electron chi connectivity index (χ1n) is 10.2. The number of hydrogen-bond donors (Lipinski definition) is 0. The van der Waals surface area contributed by atoms with Gasteiger partial charge >= 0.3 is 0 Å². The SMILES string of the molecule is COCCOc1ccc(-c2c(C#N)c(SCC3COC3)nc(N3CC(F)C3)c2C#N)nc1. The van der Waals surface area contributed by atoms with Crippen LogP contribution in [0.4, 0.5) is 10.2 Å². The smallest absolute Gasteiger partial charge is 0.148 e. The highest BCUT2D eigenvalue weighted by Crippen LogP contribution is 2.39. The molecule has 2 fully saturated rings. The average molecular weight is 456 g/mol. The fourth-order valence-electron chi connectivity index (χ4n) is 3.38. The molecule has 4 heterocycles. The van der Waals surface area contributed by atoms with Crippen LogP contribution >= 0.6 is 11.8 Å². The fourth-order valence-corrected chi connectivity index (χ4v) is 4.41. The third kappa shape index (κ3) is 4.63. The molecule has 0 bridgehead atoms. The van der Waals surface area contributed by atoms with Crippen LogP contribution in [0.1, 0.15) is 11.1 Å². The van der Waals surface area contributed by atoms with Gasteiger partial charge in [-0.05, 0) is 12.1 Å². The zero-order valence-electron chi connectivity index (χ0n) is 17.6. The molecule has 0 saturated carbocycles. The highest BCUT2D eigenvalue weighted by atomic mass is 32.2. The number of ether oxygens (including phenoxy) is 3. The van der Waals surface area contributed by atoms with Gasteiger partial charge in [-0.2, -0.15) is 10.5 Å². The molecular formula is C22H22FN5O3S. The molecule has 0 radical (unpaired) electrons. The minimum atomic E-state index is -0.952. The van der Waals surface area contributed by atoms with Crippen molar-refractivity contribution in [3.05, 3.63) is 29.5 Å². The van der Waals surface area contributed by atoms with Crippen LogP contribution in [-0.2, 0) is 9.47 Å². The fraction of sp³-hybridized carbons (Fsp3) is 0.455. The minimum Gasteiger partial charge on any atom is -0.490 e. The standard InChI is InChI=1S/C22H22FN5O3S/c1-29-4-5-31-16-2-3-19(26-8-16)20-17(6-24)21(28-9-15(23)10-28)27-22(18(20)7-25)32-13-14-11-30-12-14/h2-3,8,14-15H,4-5,9-13H2,1H3. The van der Waals surface area contributed by atoms with Crippen LogP contribution in [0.15, 0.2) is 23.4 Å². The molecule has 2 aromatic heterocycles. The van der Waals surface area contributed by atoms with Crippen molar-refractivity contribution in [2.75, 3.05) is 57.3 Å². The van der Waals surface area contributed by atoms with Crippen LogP contribution in [-0.4, -0.2) is 68.5 Å². The third-order valence-electron chi connectivity index (χ3n) is 5.22. The van der Waals surface area contributed by atoms with E-state index in [1.807, 2.05) is 0 Å². The van der Waals surface area contributed by atoms with Gasteiger partial charge in [0.2, 0.25) is 0 Å². The Hall–Kier alpha value is -2.92. The molecule has 0 aromatic carbocycles. The van der Waals surface area contributed by atoms with E-state index in [0.29, 0.717) is 65.8 Å². The number of rotatable bonds is 9. The summed E-state index contributed by atoms with van der Waals surface area (Å²) in [5.74, 6) is 2.10. The van der Waals surface area contributed by atoms with E-state index in [-0.39, 0.29) is 18.7 Å². The Labute approximate surface area is 189 Å². The van der Waals surface area contributed by atoms with Crippen molar-refractivity contribution < 1.29 is 18.6 Å². The molecule has 4 rings (SSSR count). The lowest BCUT2D eigenvalue weighted by Crippen LogP contribution is -2.49. The van der Waals surface area contributed by atoms with Crippen LogP contribution in [0.3, 0.4) is 0 Å². The number of methoxy groups -OCH3 is 1. The highest BCUT2D eigenvalue weighted by Gasteiger charge is 2.33. The Morgan fingerprint density at radius 2 is 2.00 bits per heavy atom. The van der Waals surface area contributed by atoms with Gasteiger partial charge in [-0.15, -0.1) is 11.8 Å². The molecule has 166 valence electrons. The van der Waals surface area contributed by atoms with Gasteiger partial charge in [-0.25, -0.2) is 9.37 Å². The second-order valence-corrected chi connectivity index (χ2v) is 8.54. The van der Waals surface area contributed by atoms with Crippen molar-refractivity contribution in [2.24, 2.45) is 5.92 Å². The lowest BCUT2D eigenvalue weighted by Gasteiger charge is -2.36. The molecule has 2 aliphatic heterocycles. The number of aromatic nitrogens is 2. The molecule has 2 saturated heterocycles. The summed E-state index contributed by atoms with van der Waals surface area (Å²) < 4.78 is 29.4. The molecule has 0 spiro atoms. The molecule has 0 aliphatic carbocycles. The van der Waals surface area contributed by atoms with E-state index in [4.69, 9.17) is 14.2 Å². The molecule has 0 unspecified atom stereocenters. The third-order valence-corrected chi connectivity index (χ3v) is 6.42. The normalized spacial score (nSPS) is 16.1. The van der Waals surface area contributed by atoms with Crippen LogP contribution in [0.25, 0.3) is 11.3 Å². The van der Waals surface area contributed by atoms with Gasteiger partial charge in [0.05, 0.1) is 50.4 Å². The van der Waals surface area contributed by atoms with Crippen LogP contribution in [0.2, 0.25) is 0 Å². The Bertz CT molecular complexity index is 1040. The molecule has 32 heavy (non-hydrogen) atoms. The number of halogens is 1. The predicted molar refractivity (Wildman–Crippen MR) is 116 cm³/mol. The summed E-state index contributed by atoms with van der Waals surface area (Å²) in [4.78, 5) is 10.8. The van der Waals surface area contributed by atoms with Crippen molar-refractivity contribution in [3.63, 3.8) is 0 Å². The zero-order chi connectivity index (χ0) is 22.5. The van der Waals surface area contributed by atoms with E-state index in [1.165, 1.54) is 11.8 Å². The second kappa shape index (κ2) is 10.1. The number of anilines is 1. The highest BCUT2D eigenvalue weighted by molar-refractivity contribution is 7.99. The van der Waals surface area contributed by atoms with Crippen molar-refractivity contribution in [1.29, 1.82) is 10.5 Å². The lowest BCUT2D eigenvalue weighted by atomic mass is 9.99. The van der Waals surface area contributed by atoms with E-state index in [0.717, 1.165) is 5.75 Å². The zero-order valence-corrected chi connectivity index (χ0v) is 18.4. The van der Waals surface area contributed by atoms with Crippen molar-refractivity contribution in [1.82, 2.24) is 9.97 Å². The largest absolute Gasteiger partial charge is 0.490 e. The van der Waals surface area contributed by atoms with E-state index in [2.05, 4.69) is 22.1 Å². The Morgan fingerprint density at radius 3 is 2.56 bits per heavy atom. The van der Waals surface area contributed by atoms with E-state index < -0.39 is 6.17 Å². The number of pyridine rings is 2. The molecule has 0 amide bonds. The number of nitriles is 2. The minimum absolute atomic E-state index is 0.174. The average Bonchev–Trinajstić information content (AvgIpc) is 2.75. The molecular weight excluding hydrogens is 433 g/mol. The summed E-state index contributed by atoms with van der Waals surface area (Å²) in [7, 11) is 1.59. The summed E-state index contributed by atoms with van der Waals surface area (Å²) in [6.45, 7) is 2.55. The molecule has 2 aromatic rings. The maximum atomic E-state index is 13.6. The Morgan fingerprint density at radius 1 is 1.22 bits per heavy atom. The molecule has 2 aliphatic rings. The van der Waals surface area contributed by atoms with Crippen LogP contribution < -0.4 is 9.64 Å². The predicted octanol–water partition coefficient (Wildman–Crippen LogP) is 2.81. The number of nitrogens with zero attached hydrogens (tertiary/aromatic N) is 5. The first-order chi connectivity index (χ1) is 15.6. The van der Waals surface area contributed by atoms with E-state index in [1.54, 1.807) is 30.3 Å². The summed E-state index contributed by atoms with van der Waals surface area (Å²) >= 11 is 1.46. The van der Waals surface area contributed by atoms with Gasteiger partial charge in [-0.3, -0.25) is 4.98 Å². The number of hydrogen-bond acceptors (Lipinski definition) is 9. The molecule has 0 N–H and O–H groups in total. The first-order valence-corrected chi connectivity index (χ1v) is 11.2. The van der Waals surface area contributed by atoms with Gasteiger partial charge in [-0.1, -0.05) is 0 Å². The lowest BCUT2D eigenvalue weighted by molar-refractivity contribution is -0.0196. The summed E-state index contributed by atoms with van der Waals surface area (Å²) in [5, 5.41) is 20.5. The molecule has 10 heteroatoms. The maximum absolute atomic E-state index is 13.6. The second-order valence-electron chi connectivity index (χ2n) is 7.53. The number of alkyl halides is 1. The Kier molecular flexibility index (Phi) is 7.05.